The molecule has 0 amide bonds. The zero-order chi connectivity index (χ0) is 13.1. The molecule has 0 saturated carbocycles. The van der Waals surface area contributed by atoms with Gasteiger partial charge in [0.15, 0.2) is 0 Å². The third kappa shape index (κ3) is 2.60. The third-order valence-electron chi connectivity index (χ3n) is 2.99. The Hall–Kier alpha value is -1.26. The number of aromatic nitrogens is 2. The van der Waals surface area contributed by atoms with E-state index < -0.39 is 0 Å². The Morgan fingerprint density at radius 2 is 2.22 bits per heavy atom. The van der Waals surface area contributed by atoms with Crippen molar-refractivity contribution in [2.45, 2.75) is 33.9 Å². The van der Waals surface area contributed by atoms with E-state index in [4.69, 9.17) is 16.0 Å². The van der Waals surface area contributed by atoms with Crippen molar-refractivity contribution in [3.05, 3.63) is 40.1 Å². The lowest BCUT2D eigenvalue weighted by atomic mass is 10.2. The van der Waals surface area contributed by atoms with Crippen molar-refractivity contribution in [1.29, 1.82) is 0 Å². The number of nitrogens with one attached hydrogen (secondary N) is 1. The van der Waals surface area contributed by atoms with Crippen molar-refractivity contribution >= 4 is 11.6 Å². The smallest absolute Gasteiger partial charge is 0.129 e. The Labute approximate surface area is 112 Å². The summed E-state index contributed by atoms with van der Waals surface area (Å²) in [6.07, 6.45) is 1.72. The average molecular weight is 268 g/mol. The van der Waals surface area contributed by atoms with Gasteiger partial charge in [-0.3, -0.25) is 4.68 Å². The maximum Gasteiger partial charge on any atom is 0.129 e. The van der Waals surface area contributed by atoms with Crippen LogP contribution < -0.4 is 5.32 Å². The lowest BCUT2D eigenvalue weighted by Crippen LogP contribution is -2.13. The van der Waals surface area contributed by atoms with E-state index >= 15 is 0 Å². The second kappa shape index (κ2) is 5.59. The summed E-state index contributed by atoms with van der Waals surface area (Å²) in [5, 5.41) is 8.43. The van der Waals surface area contributed by atoms with Crippen LogP contribution in [-0.4, -0.2) is 16.3 Å². The lowest BCUT2D eigenvalue weighted by Gasteiger charge is -2.05. The molecule has 98 valence electrons. The van der Waals surface area contributed by atoms with Gasteiger partial charge in [-0.05, 0) is 26.5 Å². The minimum absolute atomic E-state index is 0.618. The topological polar surface area (TPSA) is 43.0 Å². The number of hydrogen-bond donors (Lipinski definition) is 1. The molecule has 0 aliphatic rings. The number of hydrogen-bond acceptors (Lipinski definition) is 3. The summed E-state index contributed by atoms with van der Waals surface area (Å²) in [5.41, 5.74) is 2.99. The Morgan fingerprint density at radius 1 is 1.44 bits per heavy atom. The first kappa shape index (κ1) is 13.2. The van der Waals surface area contributed by atoms with E-state index in [1.165, 1.54) is 5.56 Å². The summed E-state index contributed by atoms with van der Waals surface area (Å²) >= 11 is 6.14. The number of nitrogens with zero attached hydrogens (tertiary/aromatic N) is 2. The molecular formula is C13H18ClN3O. The van der Waals surface area contributed by atoms with Gasteiger partial charge in [0, 0.05) is 12.1 Å². The minimum atomic E-state index is 0.618. The molecule has 5 heteroatoms. The van der Waals surface area contributed by atoms with Crippen LogP contribution in [0, 0.1) is 13.8 Å². The number of rotatable bonds is 5. The summed E-state index contributed by atoms with van der Waals surface area (Å²) in [5.74, 6) is 0.929. The largest absolute Gasteiger partial charge is 0.467 e. The molecule has 0 unspecified atom stereocenters. The van der Waals surface area contributed by atoms with E-state index in [0.717, 1.165) is 35.3 Å². The zero-order valence-electron chi connectivity index (χ0n) is 11.0. The standard InChI is InChI=1S/C13H18ClN3O/c1-4-15-7-11-5-6-18-12(11)8-17-10(3)13(14)9(2)16-17/h5-6,15H,4,7-8H2,1-3H3. The van der Waals surface area contributed by atoms with Crippen LogP contribution in [0.1, 0.15) is 29.6 Å². The highest BCUT2D eigenvalue weighted by atomic mass is 35.5. The maximum absolute atomic E-state index is 6.14. The SMILES string of the molecule is CCNCc1ccoc1Cn1nc(C)c(Cl)c1C. The molecule has 0 spiro atoms. The van der Waals surface area contributed by atoms with E-state index in [2.05, 4.69) is 17.3 Å². The molecular weight excluding hydrogens is 250 g/mol. The maximum atomic E-state index is 6.14. The van der Waals surface area contributed by atoms with Crippen molar-refractivity contribution < 1.29 is 4.42 Å². The van der Waals surface area contributed by atoms with Crippen LogP contribution >= 0.6 is 11.6 Å². The molecule has 0 aromatic carbocycles. The van der Waals surface area contributed by atoms with Gasteiger partial charge in [0.2, 0.25) is 0 Å². The van der Waals surface area contributed by atoms with Crippen LogP contribution in [0.2, 0.25) is 5.02 Å². The minimum Gasteiger partial charge on any atom is -0.467 e. The zero-order valence-corrected chi connectivity index (χ0v) is 11.7. The molecule has 0 aliphatic heterocycles. The summed E-state index contributed by atoms with van der Waals surface area (Å²) < 4.78 is 7.41. The van der Waals surface area contributed by atoms with E-state index in [9.17, 15) is 0 Å². The van der Waals surface area contributed by atoms with Gasteiger partial charge >= 0.3 is 0 Å². The average Bonchev–Trinajstić information content (AvgIpc) is 2.89. The van der Waals surface area contributed by atoms with Gasteiger partial charge in [-0.15, -0.1) is 0 Å². The van der Waals surface area contributed by atoms with Crippen molar-refractivity contribution in [3.8, 4) is 0 Å². The number of furan rings is 1. The van der Waals surface area contributed by atoms with Gasteiger partial charge in [0.1, 0.15) is 5.76 Å². The predicted octanol–water partition coefficient (Wildman–Crippen LogP) is 2.90. The van der Waals surface area contributed by atoms with Crippen LogP contribution in [-0.2, 0) is 13.1 Å². The highest BCUT2D eigenvalue weighted by molar-refractivity contribution is 6.31. The van der Waals surface area contributed by atoms with E-state index in [1.54, 1.807) is 6.26 Å². The van der Waals surface area contributed by atoms with Gasteiger partial charge in [0.05, 0.1) is 29.2 Å². The van der Waals surface area contributed by atoms with E-state index in [0.29, 0.717) is 6.54 Å². The number of aryl methyl sites for hydroxylation is 1. The van der Waals surface area contributed by atoms with Crippen LogP contribution in [0.15, 0.2) is 16.7 Å². The van der Waals surface area contributed by atoms with Gasteiger partial charge in [-0.25, -0.2) is 0 Å². The quantitative estimate of drug-likeness (QED) is 0.906. The molecule has 18 heavy (non-hydrogen) atoms. The molecule has 0 saturated heterocycles. The van der Waals surface area contributed by atoms with Gasteiger partial charge in [-0.1, -0.05) is 18.5 Å². The fraction of sp³-hybridized carbons (Fsp3) is 0.462. The van der Waals surface area contributed by atoms with E-state index in [-0.39, 0.29) is 0 Å². The summed E-state index contributed by atoms with van der Waals surface area (Å²) in [6, 6.07) is 1.99. The molecule has 2 rings (SSSR count). The predicted molar refractivity (Wildman–Crippen MR) is 71.9 cm³/mol. The van der Waals surface area contributed by atoms with Crippen LogP contribution in [0.3, 0.4) is 0 Å². The van der Waals surface area contributed by atoms with Gasteiger partial charge in [-0.2, -0.15) is 5.10 Å². The first-order chi connectivity index (χ1) is 8.63. The summed E-state index contributed by atoms with van der Waals surface area (Å²) in [6.45, 7) is 8.34. The molecule has 2 aromatic heterocycles. The fourth-order valence-electron chi connectivity index (χ4n) is 1.89. The monoisotopic (exact) mass is 267 g/mol. The van der Waals surface area contributed by atoms with Gasteiger partial charge < -0.3 is 9.73 Å². The molecule has 0 aliphatic carbocycles. The van der Waals surface area contributed by atoms with Crippen molar-refractivity contribution in [3.63, 3.8) is 0 Å². The Morgan fingerprint density at radius 3 is 2.83 bits per heavy atom. The Balaban J connectivity index is 2.18. The van der Waals surface area contributed by atoms with E-state index in [1.807, 2.05) is 24.6 Å². The van der Waals surface area contributed by atoms with Crippen LogP contribution in [0.5, 0.6) is 0 Å². The van der Waals surface area contributed by atoms with Crippen LogP contribution in [0.4, 0.5) is 0 Å². The van der Waals surface area contributed by atoms with Crippen molar-refractivity contribution in [2.24, 2.45) is 0 Å². The number of halogens is 1. The Kier molecular flexibility index (Phi) is 4.09. The molecule has 4 nitrogen and oxygen atoms in total. The molecule has 0 radical (unpaired) electrons. The second-order valence-corrected chi connectivity index (χ2v) is 4.67. The first-order valence-electron chi connectivity index (χ1n) is 6.09. The highest BCUT2D eigenvalue weighted by Crippen LogP contribution is 2.21. The van der Waals surface area contributed by atoms with Crippen LogP contribution in [0.25, 0.3) is 0 Å². The molecule has 0 fully saturated rings. The fourth-order valence-corrected chi connectivity index (χ4v) is 2.02. The first-order valence-corrected chi connectivity index (χ1v) is 6.46. The molecule has 0 bridgehead atoms. The summed E-state index contributed by atoms with van der Waals surface area (Å²) in [7, 11) is 0. The molecule has 2 heterocycles. The van der Waals surface area contributed by atoms with Crippen molar-refractivity contribution in [2.75, 3.05) is 6.54 Å². The highest BCUT2D eigenvalue weighted by Gasteiger charge is 2.12. The third-order valence-corrected chi connectivity index (χ3v) is 3.54. The summed E-state index contributed by atoms with van der Waals surface area (Å²) in [4.78, 5) is 0. The lowest BCUT2D eigenvalue weighted by molar-refractivity contribution is 0.469. The normalized spacial score (nSPS) is 11.1. The van der Waals surface area contributed by atoms with Crippen molar-refractivity contribution in [1.82, 2.24) is 15.1 Å². The molecule has 1 N–H and O–H groups in total. The molecule has 2 aromatic rings. The second-order valence-electron chi connectivity index (χ2n) is 4.29. The Bertz CT molecular complexity index is 530. The van der Waals surface area contributed by atoms with Gasteiger partial charge in [0.25, 0.3) is 0 Å². The molecule has 0 atom stereocenters.